The van der Waals surface area contributed by atoms with Crippen LogP contribution in [0.5, 0.6) is 5.75 Å². The van der Waals surface area contributed by atoms with Gasteiger partial charge in [0.25, 0.3) is 0 Å². The quantitative estimate of drug-likeness (QED) is 0.843. The van der Waals surface area contributed by atoms with Crippen LogP contribution in [0.2, 0.25) is 0 Å². The Kier molecular flexibility index (Phi) is 3.46. The summed E-state index contributed by atoms with van der Waals surface area (Å²) >= 11 is 0. The Balaban J connectivity index is 1.92. The molecule has 0 fully saturated rings. The molecule has 0 saturated heterocycles. The van der Waals surface area contributed by atoms with Gasteiger partial charge in [0.15, 0.2) is 0 Å². The van der Waals surface area contributed by atoms with Crippen molar-refractivity contribution in [2.24, 2.45) is 0 Å². The molecule has 4 heteroatoms. The summed E-state index contributed by atoms with van der Waals surface area (Å²) in [5.74, 6) is 0.637. The minimum absolute atomic E-state index is 0.169. The number of aromatic nitrogens is 2. The average molecular weight is 216 g/mol. The molecule has 1 unspecified atom stereocenters. The Morgan fingerprint density at radius 1 is 1.19 bits per heavy atom. The monoisotopic (exact) mass is 216 g/mol. The fourth-order valence-electron chi connectivity index (χ4n) is 1.27. The number of aliphatic hydroxyl groups excluding tert-OH is 1. The topological polar surface area (TPSA) is 55.2 Å². The van der Waals surface area contributed by atoms with Crippen molar-refractivity contribution in [1.82, 2.24) is 9.97 Å². The smallest absolute Gasteiger partial charge is 0.137 e. The maximum atomic E-state index is 9.77. The lowest BCUT2D eigenvalue weighted by Gasteiger charge is -2.11. The van der Waals surface area contributed by atoms with E-state index in [0.717, 1.165) is 0 Å². The molecule has 0 aliphatic heterocycles. The summed E-state index contributed by atoms with van der Waals surface area (Å²) in [6.45, 7) is 0.169. The molecule has 2 rings (SSSR count). The van der Waals surface area contributed by atoms with E-state index in [9.17, 15) is 5.11 Å². The van der Waals surface area contributed by atoms with Crippen LogP contribution in [-0.4, -0.2) is 21.7 Å². The van der Waals surface area contributed by atoms with Crippen molar-refractivity contribution in [2.45, 2.75) is 6.10 Å². The van der Waals surface area contributed by atoms with Gasteiger partial charge in [0.1, 0.15) is 18.5 Å². The Hall–Kier alpha value is -1.94. The van der Waals surface area contributed by atoms with E-state index in [1.165, 1.54) is 0 Å². The number of hydrogen-bond acceptors (Lipinski definition) is 4. The molecule has 2 heterocycles. The molecule has 16 heavy (non-hydrogen) atoms. The summed E-state index contributed by atoms with van der Waals surface area (Å²) in [6.07, 6.45) is 4.19. The highest BCUT2D eigenvalue weighted by Crippen LogP contribution is 2.12. The Morgan fingerprint density at radius 3 is 2.81 bits per heavy atom. The van der Waals surface area contributed by atoms with E-state index in [2.05, 4.69) is 9.97 Å². The Bertz CT molecular complexity index is 420. The van der Waals surface area contributed by atoms with Crippen molar-refractivity contribution in [3.63, 3.8) is 0 Å². The standard InChI is InChI=1S/C12H12N2O2/c15-12(11-5-1-2-7-14-11)9-16-10-4-3-6-13-8-10/h1-8,12,15H,9H2. The van der Waals surface area contributed by atoms with Crippen molar-refractivity contribution < 1.29 is 9.84 Å². The van der Waals surface area contributed by atoms with Gasteiger partial charge in [-0.1, -0.05) is 6.07 Å². The average Bonchev–Trinajstić information content (AvgIpc) is 2.38. The third-order valence-corrected chi connectivity index (χ3v) is 2.07. The molecule has 2 aromatic heterocycles. The predicted octanol–water partition coefficient (Wildman–Crippen LogP) is 1.59. The predicted molar refractivity (Wildman–Crippen MR) is 58.9 cm³/mol. The molecule has 0 amide bonds. The van der Waals surface area contributed by atoms with Crippen molar-refractivity contribution >= 4 is 0 Å². The van der Waals surface area contributed by atoms with Crippen LogP contribution in [0.3, 0.4) is 0 Å². The molecule has 2 aromatic rings. The van der Waals surface area contributed by atoms with Crippen LogP contribution < -0.4 is 4.74 Å². The molecule has 0 aliphatic carbocycles. The molecule has 0 saturated carbocycles. The number of ether oxygens (including phenoxy) is 1. The van der Waals surface area contributed by atoms with Crippen LogP contribution in [0.15, 0.2) is 48.9 Å². The number of aliphatic hydroxyl groups is 1. The van der Waals surface area contributed by atoms with Gasteiger partial charge in [0.05, 0.1) is 11.9 Å². The maximum Gasteiger partial charge on any atom is 0.137 e. The second-order valence-corrected chi connectivity index (χ2v) is 3.27. The zero-order chi connectivity index (χ0) is 11.2. The summed E-state index contributed by atoms with van der Waals surface area (Å²) in [6, 6.07) is 8.96. The van der Waals surface area contributed by atoms with Crippen molar-refractivity contribution in [1.29, 1.82) is 0 Å². The molecule has 0 spiro atoms. The van der Waals surface area contributed by atoms with E-state index >= 15 is 0 Å². The molecule has 0 radical (unpaired) electrons. The van der Waals surface area contributed by atoms with Gasteiger partial charge in [-0.15, -0.1) is 0 Å². The normalized spacial score (nSPS) is 12.1. The molecule has 1 N–H and O–H groups in total. The summed E-state index contributed by atoms with van der Waals surface area (Å²) < 4.78 is 5.37. The first-order chi connectivity index (χ1) is 7.86. The number of nitrogens with zero attached hydrogens (tertiary/aromatic N) is 2. The Labute approximate surface area is 93.6 Å². The largest absolute Gasteiger partial charge is 0.489 e. The lowest BCUT2D eigenvalue weighted by Crippen LogP contribution is -2.10. The van der Waals surface area contributed by atoms with Crippen molar-refractivity contribution in [3.8, 4) is 5.75 Å². The summed E-state index contributed by atoms with van der Waals surface area (Å²) in [5.41, 5.74) is 0.603. The van der Waals surface area contributed by atoms with E-state index in [4.69, 9.17) is 4.74 Å². The van der Waals surface area contributed by atoms with Gasteiger partial charge in [-0.2, -0.15) is 0 Å². The minimum atomic E-state index is -0.721. The first-order valence-corrected chi connectivity index (χ1v) is 4.98. The zero-order valence-corrected chi connectivity index (χ0v) is 8.65. The van der Waals surface area contributed by atoms with Gasteiger partial charge < -0.3 is 9.84 Å². The van der Waals surface area contributed by atoms with E-state index < -0.39 is 6.10 Å². The van der Waals surface area contributed by atoms with E-state index in [1.54, 1.807) is 42.9 Å². The molecular weight excluding hydrogens is 204 g/mol. The number of rotatable bonds is 4. The molecule has 1 atom stereocenters. The minimum Gasteiger partial charge on any atom is -0.489 e. The van der Waals surface area contributed by atoms with Gasteiger partial charge in [-0.25, -0.2) is 0 Å². The number of pyridine rings is 2. The van der Waals surface area contributed by atoms with E-state index in [1.807, 2.05) is 6.07 Å². The second kappa shape index (κ2) is 5.23. The highest BCUT2D eigenvalue weighted by molar-refractivity contribution is 5.16. The fraction of sp³-hybridized carbons (Fsp3) is 0.167. The third-order valence-electron chi connectivity index (χ3n) is 2.07. The first kappa shape index (κ1) is 10.6. The lowest BCUT2D eigenvalue weighted by molar-refractivity contribution is 0.104. The highest BCUT2D eigenvalue weighted by atomic mass is 16.5. The van der Waals surface area contributed by atoms with Gasteiger partial charge in [-0.3, -0.25) is 9.97 Å². The van der Waals surface area contributed by atoms with Crippen LogP contribution in [0.1, 0.15) is 11.8 Å². The van der Waals surface area contributed by atoms with E-state index in [0.29, 0.717) is 11.4 Å². The third kappa shape index (κ3) is 2.77. The number of hydrogen-bond donors (Lipinski definition) is 1. The molecule has 0 aliphatic rings. The van der Waals surface area contributed by atoms with E-state index in [-0.39, 0.29) is 6.61 Å². The summed E-state index contributed by atoms with van der Waals surface area (Å²) in [5, 5.41) is 9.77. The maximum absolute atomic E-state index is 9.77. The lowest BCUT2D eigenvalue weighted by atomic mass is 10.2. The van der Waals surface area contributed by atoms with Gasteiger partial charge in [-0.05, 0) is 24.3 Å². The Morgan fingerprint density at radius 2 is 2.12 bits per heavy atom. The summed E-state index contributed by atoms with van der Waals surface area (Å²) in [7, 11) is 0. The SMILES string of the molecule is OC(COc1cccnc1)c1ccccn1. The van der Waals surface area contributed by atoms with Crippen LogP contribution in [0.4, 0.5) is 0 Å². The molecule has 0 bridgehead atoms. The van der Waals surface area contributed by atoms with Crippen LogP contribution in [-0.2, 0) is 0 Å². The van der Waals surface area contributed by atoms with Crippen LogP contribution >= 0.6 is 0 Å². The molecule has 4 nitrogen and oxygen atoms in total. The van der Waals surface area contributed by atoms with Crippen LogP contribution in [0, 0.1) is 0 Å². The van der Waals surface area contributed by atoms with Crippen molar-refractivity contribution in [2.75, 3.05) is 6.61 Å². The summed E-state index contributed by atoms with van der Waals surface area (Å²) in [4.78, 5) is 7.96. The zero-order valence-electron chi connectivity index (χ0n) is 8.65. The fourth-order valence-corrected chi connectivity index (χ4v) is 1.27. The first-order valence-electron chi connectivity index (χ1n) is 4.98. The van der Waals surface area contributed by atoms with Gasteiger partial charge in [0, 0.05) is 12.4 Å². The van der Waals surface area contributed by atoms with Crippen molar-refractivity contribution in [3.05, 3.63) is 54.6 Å². The molecule has 0 aromatic carbocycles. The van der Waals surface area contributed by atoms with Gasteiger partial charge >= 0.3 is 0 Å². The molecule has 82 valence electrons. The van der Waals surface area contributed by atoms with Crippen LogP contribution in [0.25, 0.3) is 0 Å². The highest BCUT2D eigenvalue weighted by Gasteiger charge is 2.08. The second-order valence-electron chi connectivity index (χ2n) is 3.27. The van der Waals surface area contributed by atoms with Gasteiger partial charge in [0.2, 0.25) is 0 Å². The molecular formula is C12H12N2O2.